The van der Waals surface area contributed by atoms with Crippen LogP contribution >= 0.6 is 23.1 Å². The average Bonchev–Trinajstić information content (AvgIpc) is 3.41. The normalized spacial score (nSPS) is 10.8. The highest BCUT2D eigenvalue weighted by Crippen LogP contribution is 2.39. The first-order valence-corrected chi connectivity index (χ1v) is 12.1. The van der Waals surface area contributed by atoms with Crippen molar-refractivity contribution < 1.29 is 9.72 Å². The van der Waals surface area contributed by atoms with Crippen molar-refractivity contribution >= 4 is 40.4 Å². The van der Waals surface area contributed by atoms with Crippen molar-refractivity contribution in [3.63, 3.8) is 0 Å². The third kappa shape index (κ3) is 4.96. The van der Waals surface area contributed by atoms with Crippen molar-refractivity contribution in [3.05, 3.63) is 75.0 Å². The predicted molar refractivity (Wildman–Crippen MR) is 132 cm³/mol. The Hall–Kier alpha value is -3.50. The van der Waals surface area contributed by atoms with Gasteiger partial charge >= 0.3 is 0 Å². The van der Waals surface area contributed by atoms with E-state index in [4.69, 9.17) is 0 Å². The standard InChI is InChI=1S/C23H21N5O3S2/c1-3-27-22(19-13-32-15(2)21(19)16-7-5-4-6-8-16)25-26-23(27)33-14-20(29)24-17-9-11-18(12-10-17)28(30)31/h4-13H,3,14H2,1-2H3,(H,24,29). The van der Waals surface area contributed by atoms with Gasteiger partial charge in [-0.05, 0) is 31.5 Å². The summed E-state index contributed by atoms with van der Waals surface area (Å²) in [5.74, 6) is 0.694. The first-order valence-electron chi connectivity index (χ1n) is 10.2. The molecule has 4 rings (SSSR count). The molecule has 1 N–H and O–H groups in total. The van der Waals surface area contributed by atoms with Crippen LogP contribution < -0.4 is 5.32 Å². The van der Waals surface area contributed by atoms with Gasteiger partial charge in [-0.25, -0.2) is 0 Å². The fourth-order valence-electron chi connectivity index (χ4n) is 3.46. The van der Waals surface area contributed by atoms with Crippen LogP contribution in [-0.4, -0.2) is 31.3 Å². The Labute approximate surface area is 198 Å². The fourth-order valence-corrected chi connectivity index (χ4v) is 5.12. The van der Waals surface area contributed by atoms with E-state index in [1.165, 1.54) is 40.9 Å². The van der Waals surface area contributed by atoms with E-state index in [1.54, 1.807) is 11.3 Å². The lowest BCUT2D eigenvalue weighted by atomic mass is 10.0. The molecule has 4 aromatic rings. The molecule has 33 heavy (non-hydrogen) atoms. The molecule has 8 nitrogen and oxygen atoms in total. The minimum absolute atomic E-state index is 0.0236. The van der Waals surface area contributed by atoms with Gasteiger partial charge in [0.05, 0.1) is 10.7 Å². The molecule has 168 valence electrons. The lowest BCUT2D eigenvalue weighted by Crippen LogP contribution is -2.14. The van der Waals surface area contributed by atoms with E-state index in [1.807, 2.05) is 29.7 Å². The maximum Gasteiger partial charge on any atom is 0.269 e. The zero-order chi connectivity index (χ0) is 23.4. The van der Waals surface area contributed by atoms with Crippen LogP contribution in [0.2, 0.25) is 0 Å². The summed E-state index contributed by atoms with van der Waals surface area (Å²) < 4.78 is 2.01. The molecule has 0 atom stereocenters. The van der Waals surface area contributed by atoms with Crippen LogP contribution in [0.5, 0.6) is 0 Å². The molecule has 0 aliphatic heterocycles. The number of non-ortho nitro benzene ring substituents is 1. The Kier molecular flexibility index (Phi) is 6.85. The number of rotatable bonds is 8. The predicted octanol–water partition coefficient (Wildman–Crippen LogP) is 5.64. The summed E-state index contributed by atoms with van der Waals surface area (Å²) in [6.07, 6.45) is 0. The first-order chi connectivity index (χ1) is 16.0. The van der Waals surface area contributed by atoms with Gasteiger partial charge in [0.2, 0.25) is 5.91 Å². The Morgan fingerprint density at radius 2 is 1.88 bits per heavy atom. The van der Waals surface area contributed by atoms with Gasteiger partial charge in [-0.3, -0.25) is 14.9 Å². The van der Waals surface area contributed by atoms with Gasteiger partial charge in [0, 0.05) is 45.7 Å². The van der Waals surface area contributed by atoms with E-state index >= 15 is 0 Å². The van der Waals surface area contributed by atoms with Gasteiger partial charge in [0.25, 0.3) is 5.69 Å². The number of anilines is 1. The molecule has 0 saturated carbocycles. The second-order valence-corrected chi connectivity index (χ2v) is 9.16. The van der Waals surface area contributed by atoms with Gasteiger partial charge in [0.15, 0.2) is 11.0 Å². The van der Waals surface area contributed by atoms with Gasteiger partial charge in [0.1, 0.15) is 0 Å². The zero-order valence-electron chi connectivity index (χ0n) is 18.0. The van der Waals surface area contributed by atoms with Gasteiger partial charge in [-0.1, -0.05) is 42.1 Å². The molecule has 0 aliphatic carbocycles. The Morgan fingerprint density at radius 3 is 2.55 bits per heavy atom. The Bertz CT molecular complexity index is 1280. The third-order valence-corrected chi connectivity index (χ3v) is 6.88. The monoisotopic (exact) mass is 479 g/mol. The molecule has 2 aromatic heterocycles. The fraction of sp³-hybridized carbons (Fsp3) is 0.174. The minimum Gasteiger partial charge on any atom is -0.325 e. The quantitative estimate of drug-likeness (QED) is 0.199. The van der Waals surface area contributed by atoms with Crippen LogP contribution in [-0.2, 0) is 11.3 Å². The van der Waals surface area contributed by atoms with Crippen LogP contribution in [0.25, 0.3) is 22.5 Å². The maximum atomic E-state index is 12.4. The molecule has 0 radical (unpaired) electrons. The van der Waals surface area contributed by atoms with Crippen LogP contribution in [0.15, 0.2) is 65.1 Å². The molecule has 2 aromatic carbocycles. The number of hydrogen-bond donors (Lipinski definition) is 1. The Morgan fingerprint density at radius 1 is 1.15 bits per heavy atom. The summed E-state index contributed by atoms with van der Waals surface area (Å²) in [4.78, 5) is 23.9. The molecule has 10 heteroatoms. The number of carbonyl (C=O) groups excluding carboxylic acids is 1. The third-order valence-electron chi connectivity index (χ3n) is 5.01. The number of nitro groups is 1. The van der Waals surface area contributed by atoms with Crippen molar-refractivity contribution in [1.29, 1.82) is 0 Å². The minimum atomic E-state index is -0.477. The molecule has 1 amide bonds. The van der Waals surface area contributed by atoms with E-state index < -0.39 is 4.92 Å². The summed E-state index contributed by atoms with van der Waals surface area (Å²) in [7, 11) is 0. The number of amides is 1. The number of thiophene rings is 1. The van der Waals surface area contributed by atoms with Crippen LogP contribution in [0.4, 0.5) is 11.4 Å². The van der Waals surface area contributed by atoms with Gasteiger partial charge in [-0.2, -0.15) is 0 Å². The highest BCUT2D eigenvalue weighted by atomic mass is 32.2. The number of aryl methyl sites for hydroxylation is 1. The van der Waals surface area contributed by atoms with Crippen LogP contribution in [0, 0.1) is 17.0 Å². The van der Waals surface area contributed by atoms with E-state index in [0.29, 0.717) is 17.4 Å². The second-order valence-electron chi connectivity index (χ2n) is 7.14. The van der Waals surface area contributed by atoms with Crippen LogP contribution in [0.1, 0.15) is 11.8 Å². The molecule has 0 fully saturated rings. The molecule has 0 bridgehead atoms. The van der Waals surface area contributed by atoms with Crippen molar-refractivity contribution in [1.82, 2.24) is 14.8 Å². The first kappa shape index (κ1) is 22.7. The number of carbonyl (C=O) groups is 1. The lowest BCUT2D eigenvalue weighted by Gasteiger charge is -2.09. The SMILES string of the molecule is CCn1c(SCC(=O)Nc2ccc([N+](=O)[O-])cc2)nnc1-c1csc(C)c1-c1ccccc1. The number of hydrogen-bond acceptors (Lipinski definition) is 7. The van der Waals surface area contributed by atoms with Crippen LogP contribution in [0.3, 0.4) is 0 Å². The van der Waals surface area contributed by atoms with Crippen molar-refractivity contribution in [3.8, 4) is 22.5 Å². The zero-order valence-corrected chi connectivity index (χ0v) is 19.7. The van der Waals surface area contributed by atoms with Crippen molar-refractivity contribution in [2.45, 2.75) is 25.5 Å². The van der Waals surface area contributed by atoms with Gasteiger partial charge < -0.3 is 9.88 Å². The summed E-state index contributed by atoms with van der Waals surface area (Å²) in [5.41, 5.74) is 3.79. The highest BCUT2D eigenvalue weighted by molar-refractivity contribution is 7.99. The van der Waals surface area contributed by atoms with E-state index in [2.05, 4.69) is 40.0 Å². The van der Waals surface area contributed by atoms with Gasteiger partial charge in [-0.15, -0.1) is 21.5 Å². The number of aromatic nitrogens is 3. The largest absolute Gasteiger partial charge is 0.325 e. The lowest BCUT2D eigenvalue weighted by molar-refractivity contribution is -0.384. The summed E-state index contributed by atoms with van der Waals surface area (Å²) in [6, 6.07) is 15.9. The highest BCUT2D eigenvalue weighted by Gasteiger charge is 2.20. The topological polar surface area (TPSA) is 103 Å². The average molecular weight is 480 g/mol. The molecule has 0 saturated heterocycles. The number of benzene rings is 2. The Balaban J connectivity index is 1.50. The smallest absolute Gasteiger partial charge is 0.269 e. The summed E-state index contributed by atoms with van der Waals surface area (Å²) in [6.45, 7) is 4.79. The van der Waals surface area contributed by atoms with Crippen molar-refractivity contribution in [2.24, 2.45) is 0 Å². The number of nitrogens with one attached hydrogen (secondary N) is 1. The molecular weight excluding hydrogens is 458 g/mol. The molecule has 0 spiro atoms. The number of thioether (sulfide) groups is 1. The van der Waals surface area contributed by atoms with E-state index in [-0.39, 0.29) is 17.3 Å². The maximum absolute atomic E-state index is 12.4. The second kappa shape index (κ2) is 9.97. The van der Waals surface area contributed by atoms with E-state index in [0.717, 1.165) is 22.5 Å². The van der Waals surface area contributed by atoms with E-state index in [9.17, 15) is 14.9 Å². The summed E-state index contributed by atoms with van der Waals surface area (Å²) >= 11 is 2.98. The van der Waals surface area contributed by atoms with Crippen molar-refractivity contribution in [2.75, 3.05) is 11.1 Å². The molecular formula is C23H21N5O3S2. The number of nitro benzene ring substituents is 1. The number of nitrogens with zero attached hydrogens (tertiary/aromatic N) is 4. The molecule has 2 heterocycles. The molecule has 0 unspecified atom stereocenters. The molecule has 0 aliphatic rings. The summed E-state index contributed by atoms with van der Waals surface area (Å²) in [5, 5.41) is 25.1.